The molecule has 0 saturated carbocycles. The molecule has 2 aromatic rings. The molecule has 0 aliphatic carbocycles. The molecular weight excluding hydrogens is 242 g/mol. The number of primary amides is 1. The maximum absolute atomic E-state index is 10.6. The first-order valence-electron chi connectivity index (χ1n) is 5.54. The minimum absolute atomic E-state index is 0.433. The van der Waals surface area contributed by atoms with Crippen LogP contribution in [0.1, 0.15) is 5.56 Å². The Labute approximate surface area is 111 Å². The summed E-state index contributed by atoms with van der Waals surface area (Å²) >= 11 is 1.70. The van der Waals surface area contributed by atoms with Gasteiger partial charge in [-0.05, 0) is 35.9 Å². The van der Waals surface area contributed by atoms with Crippen LogP contribution in [0.2, 0.25) is 0 Å². The van der Waals surface area contributed by atoms with Gasteiger partial charge in [-0.1, -0.05) is 42.1 Å². The molecule has 1 amide bonds. The minimum Gasteiger partial charge on any atom is -0.366 e. The summed E-state index contributed by atoms with van der Waals surface area (Å²) in [6.45, 7) is 0. The van der Waals surface area contributed by atoms with E-state index in [1.807, 2.05) is 42.5 Å². The maximum atomic E-state index is 10.6. The van der Waals surface area contributed by atoms with Crippen LogP contribution in [0.3, 0.4) is 0 Å². The van der Waals surface area contributed by atoms with Gasteiger partial charge in [0.05, 0.1) is 0 Å². The predicted octanol–water partition coefficient (Wildman–Crippen LogP) is 3.34. The molecule has 3 heteroatoms. The van der Waals surface area contributed by atoms with Crippen LogP contribution in [0.4, 0.5) is 0 Å². The highest BCUT2D eigenvalue weighted by Gasteiger charge is 1.96. The fourth-order valence-electron chi connectivity index (χ4n) is 1.45. The average Bonchev–Trinajstić information content (AvgIpc) is 2.39. The predicted molar refractivity (Wildman–Crippen MR) is 75.2 cm³/mol. The van der Waals surface area contributed by atoms with Gasteiger partial charge in [0, 0.05) is 15.9 Å². The van der Waals surface area contributed by atoms with E-state index in [1.54, 1.807) is 17.8 Å². The van der Waals surface area contributed by atoms with E-state index in [9.17, 15) is 4.79 Å². The molecule has 2 nitrogen and oxygen atoms in total. The summed E-state index contributed by atoms with van der Waals surface area (Å²) in [5, 5.41) is 0. The van der Waals surface area contributed by atoms with E-state index in [-0.39, 0.29) is 0 Å². The molecule has 0 aliphatic heterocycles. The van der Waals surface area contributed by atoms with Crippen molar-refractivity contribution >= 4 is 23.7 Å². The van der Waals surface area contributed by atoms with Crippen molar-refractivity contribution < 1.29 is 4.79 Å². The number of hydrogen-bond acceptors (Lipinski definition) is 2. The van der Waals surface area contributed by atoms with Gasteiger partial charge in [0.1, 0.15) is 0 Å². The van der Waals surface area contributed by atoms with E-state index in [0.29, 0.717) is 0 Å². The Kier molecular flexibility index (Phi) is 4.20. The summed E-state index contributed by atoms with van der Waals surface area (Å²) in [4.78, 5) is 13.0. The number of rotatable bonds is 4. The van der Waals surface area contributed by atoms with Crippen molar-refractivity contribution in [1.29, 1.82) is 0 Å². The third-order valence-corrected chi connectivity index (χ3v) is 3.31. The van der Waals surface area contributed by atoms with Crippen molar-refractivity contribution in [3.05, 3.63) is 66.2 Å². The van der Waals surface area contributed by atoms with Crippen LogP contribution >= 0.6 is 11.8 Å². The lowest BCUT2D eigenvalue weighted by Gasteiger charge is -2.01. The molecule has 0 unspecified atom stereocenters. The first-order valence-corrected chi connectivity index (χ1v) is 6.36. The third-order valence-electron chi connectivity index (χ3n) is 2.30. The van der Waals surface area contributed by atoms with Gasteiger partial charge in [-0.3, -0.25) is 4.79 Å². The Balaban J connectivity index is 2.06. The number of carbonyl (C=O) groups is 1. The van der Waals surface area contributed by atoms with Crippen molar-refractivity contribution in [2.75, 3.05) is 0 Å². The van der Waals surface area contributed by atoms with Crippen LogP contribution in [0.25, 0.3) is 6.08 Å². The Morgan fingerprint density at radius 2 is 1.56 bits per heavy atom. The topological polar surface area (TPSA) is 43.1 Å². The SMILES string of the molecule is NC(=O)C=Cc1ccc(Sc2ccccc2)cc1. The molecule has 0 bridgehead atoms. The molecule has 0 atom stereocenters. The van der Waals surface area contributed by atoms with Gasteiger partial charge in [0.15, 0.2) is 0 Å². The van der Waals surface area contributed by atoms with E-state index in [4.69, 9.17) is 5.73 Å². The van der Waals surface area contributed by atoms with E-state index in [2.05, 4.69) is 12.1 Å². The first kappa shape index (κ1) is 12.5. The normalized spacial score (nSPS) is 10.7. The average molecular weight is 255 g/mol. The molecule has 2 rings (SSSR count). The number of benzene rings is 2. The van der Waals surface area contributed by atoms with Crippen LogP contribution in [-0.2, 0) is 4.79 Å². The summed E-state index contributed by atoms with van der Waals surface area (Å²) in [7, 11) is 0. The quantitative estimate of drug-likeness (QED) is 0.851. The zero-order valence-electron chi connectivity index (χ0n) is 9.74. The lowest BCUT2D eigenvalue weighted by atomic mass is 10.2. The second kappa shape index (κ2) is 6.07. The third kappa shape index (κ3) is 3.79. The molecule has 0 radical (unpaired) electrons. The summed E-state index contributed by atoms with van der Waals surface area (Å²) in [5.74, 6) is -0.433. The Bertz CT molecular complexity index is 546. The molecule has 18 heavy (non-hydrogen) atoms. The molecule has 0 spiro atoms. The number of amides is 1. The lowest BCUT2D eigenvalue weighted by Crippen LogP contribution is -2.04. The Morgan fingerprint density at radius 3 is 2.17 bits per heavy atom. The highest BCUT2D eigenvalue weighted by atomic mass is 32.2. The van der Waals surface area contributed by atoms with Crippen LogP contribution in [0, 0.1) is 0 Å². The van der Waals surface area contributed by atoms with Gasteiger partial charge in [-0.2, -0.15) is 0 Å². The molecule has 0 aromatic heterocycles. The zero-order chi connectivity index (χ0) is 12.8. The van der Waals surface area contributed by atoms with Crippen LogP contribution in [0.15, 0.2) is 70.5 Å². The Morgan fingerprint density at radius 1 is 0.944 bits per heavy atom. The molecule has 0 fully saturated rings. The van der Waals surface area contributed by atoms with Gasteiger partial charge in [-0.25, -0.2) is 0 Å². The first-order chi connectivity index (χ1) is 8.74. The van der Waals surface area contributed by atoms with Crippen molar-refractivity contribution in [3.8, 4) is 0 Å². The fraction of sp³-hybridized carbons (Fsp3) is 0. The Hall–Kier alpha value is -2.00. The molecule has 0 heterocycles. The van der Waals surface area contributed by atoms with Gasteiger partial charge < -0.3 is 5.73 Å². The second-order valence-corrected chi connectivity index (χ2v) is 4.87. The fourth-order valence-corrected chi connectivity index (χ4v) is 2.29. The summed E-state index contributed by atoms with van der Waals surface area (Å²) in [5.41, 5.74) is 6.01. The molecule has 90 valence electrons. The van der Waals surface area contributed by atoms with Gasteiger partial charge in [0.2, 0.25) is 5.91 Å². The molecule has 0 aliphatic rings. The molecule has 0 saturated heterocycles. The number of nitrogens with two attached hydrogens (primary N) is 1. The largest absolute Gasteiger partial charge is 0.366 e. The molecular formula is C15H13NOS. The van der Waals surface area contributed by atoms with E-state index >= 15 is 0 Å². The standard InChI is InChI=1S/C15H13NOS/c16-15(17)11-8-12-6-9-14(10-7-12)18-13-4-2-1-3-5-13/h1-11H,(H2,16,17). The number of hydrogen-bond donors (Lipinski definition) is 1. The van der Waals surface area contributed by atoms with Gasteiger partial charge >= 0.3 is 0 Å². The summed E-state index contributed by atoms with van der Waals surface area (Å²) < 4.78 is 0. The molecule has 2 N–H and O–H groups in total. The van der Waals surface area contributed by atoms with Crippen molar-refractivity contribution in [3.63, 3.8) is 0 Å². The smallest absolute Gasteiger partial charge is 0.241 e. The van der Waals surface area contributed by atoms with E-state index in [1.165, 1.54) is 11.0 Å². The van der Waals surface area contributed by atoms with Gasteiger partial charge in [0.25, 0.3) is 0 Å². The number of carbonyl (C=O) groups excluding carboxylic acids is 1. The van der Waals surface area contributed by atoms with Crippen LogP contribution in [0.5, 0.6) is 0 Å². The van der Waals surface area contributed by atoms with E-state index in [0.717, 1.165) is 10.5 Å². The monoisotopic (exact) mass is 255 g/mol. The van der Waals surface area contributed by atoms with E-state index < -0.39 is 5.91 Å². The maximum Gasteiger partial charge on any atom is 0.241 e. The van der Waals surface area contributed by atoms with Crippen molar-refractivity contribution in [2.24, 2.45) is 5.73 Å². The van der Waals surface area contributed by atoms with Crippen LogP contribution < -0.4 is 5.73 Å². The highest BCUT2D eigenvalue weighted by Crippen LogP contribution is 2.27. The van der Waals surface area contributed by atoms with Gasteiger partial charge in [-0.15, -0.1) is 0 Å². The lowest BCUT2D eigenvalue weighted by molar-refractivity contribution is -0.113. The second-order valence-electron chi connectivity index (χ2n) is 3.72. The van der Waals surface area contributed by atoms with Crippen molar-refractivity contribution in [1.82, 2.24) is 0 Å². The summed E-state index contributed by atoms with van der Waals surface area (Å²) in [6, 6.07) is 18.2. The molecule has 2 aromatic carbocycles. The van der Waals surface area contributed by atoms with Crippen molar-refractivity contribution in [2.45, 2.75) is 9.79 Å². The van der Waals surface area contributed by atoms with Crippen LogP contribution in [-0.4, -0.2) is 5.91 Å². The minimum atomic E-state index is -0.433. The zero-order valence-corrected chi connectivity index (χ0v) is 10.6. The summed E-state index contributed by atoms with van der Waals surface area (Å²) in [6.07, 6.45) is 3.07. The highest BCUT2D eigenvalue weighted by molar-refractivity contribution is 7.99.